The maximum Gasteiger partial charge on any atom is 0.253 e. The lowest BCUT2D eigenvalue weighted by atomic mass is 10.0. The molecular formula is C20H20N2O. The third kappa shape index (κ3) is 3.39. The molecule has 2 aromatic carbocycles. The number of nitrogens with zero attached hydrogens (tertiary/aromatic N) is 1. The van der Waals surface area contributed by atoms with Crippen molar-refractivity contribution in [3.05, 3.63) is 66.2 Å². The van der Waals surface area contributed by atoms with Gasteiger partial charge in [-0.05, 0) is 32.9 Å². The molecule has 0 atom stereocenters. The molecule has 0 fully saturated rings. The molecule has 0 unspecified atom stereocenters. The average molecular weight is 304 g/mol. The van der Waals surface area contributed by atoms with Gasteiger partial charge in [0.2, 0.25) is 0 Å². The first-order chi connectivity index (χ1) is 10.9. The number of carbonyl (C=O) groups excluding carboxylic acids is 1. The first-order valence-electron chi connectivity index (χ1n) is 7.72. The number of amides is 1. The molecule has 3 aromatic rings. The van der Waals surface area contributed by atoms with Crippen molar-refractivity contribution in [1.29, 1.82) is 0 Å². The van der Waals surface area contributed by atoms with Crippen LogP contribution in [-0.2, 0) is 0 Å². The second-order valence-electron chi connectivity index (χ2n) is 6.65. The van der Waals surface area contributed by atoms with Gasteiger partial charge in [-0.3, -0.25) is 4.79 Å². The Kier molecular flexibility index (Phi) is 3.87. The van der Waals surface area contributed by atoms with Crippen LogP contribution in [0.3, 0.4) is 0 Å². The van der Waals surface area contributed by atoms with Crippen LogP contribution < -0.4 is 5.32 Å². The SMILES string of the molecule is CC(C)(C)NC(=O)c1cc2ccccc2nc1-c1ccccc1. The monoisotopic (exact) mass is 304 g/mol. The summed E-state index contributed by atoms with van der Waals surface area (Å²) in [4.78, 5) is 17.5. The number of benzene rings is 2. The molecule has 0 aliphatic carbocycles. The molecule has 0 bridgehead atoms. The zero-order chi connectivity index (χ0) is 16.4. The van der Waals surface area contributed by atoms with Crippen molar-refractivity contribution in [2.45, 2.75) is 26.3 Å². The molecule has 0 aliphatic heterocycles. The molecular weight excluding hydrogens is 284 g/mol. The maximum atomic E-state index is 12.7. The summed E-state index contributed by atoms with van der Waals surface area (Å²) < 4.78 is 0. The van der Waals surface area contributed by atoms with Crippen molar-refractivity contribution in [2.75, 3.05) is 0 Å². The summed E-state index contributed by atoms with van der Waals surface area (Å²) >= 11 is 0. The fraction of sp³-hybridized carbons (Fsp3) is 0.200. The van der Waals surface area contributed by atoms with Crippen LogP contribution >= 0.6 is 0 Å². The lowest BCUT2D eigenvalue weighted by Gasteiger charge is -2.21. The van der Waals surface area contributed by atoms with Crippen LogP contribution in [0.5, 0.6) is 0 Å². The largest absolute Gasteiger partial charge is 0.347 e. The molecule has 23 heavy (non-hydrogen) atoms. The van der Waals surface area contributed by atoms with Gasteiger partial charge in [-0.25, -0.2) is 4.98 Å². The number of fused-ring (bicyclic) bond motifs is 1. The van der Waals surface area contributed by atoms with Gasteiger partial charge in [-0.15, -0.1) is 0 Å². The summed E-state index contributed by atoms with van der Waals surface area (Å²) in [6, 6.07) is 19.6. The standard InChI is InChI=1S/C20H20N2O/c1-20(2,3)22-19(23)16-13-15-11-7-8-12-17(15)21-18(16)14-9-5-4-6-10-14/h4-13H,1-3H3,(H,22,23). The lowest BCUT2D eigenvalue weighted by molar-refractivity contribution is 0.0920. The fourth-order valence-electron chi connectivity index (χ4n) is 2.51. The molecule has 0 aliphatic rings. The smallest absolute Gasteiger partial charge is 0.253 e. The van der Waals surface area contributed by atoms with Gasteiger partial charge in [-0.2, -0.15) is 0 Å². The predicted molar refractivity (Wildman–Crippen MR) is 94.4 cm³/mol. The topological polar surface area (TPSA) is 42.0 Å². The Balaban J connectivity index is 2.19. The third-order valence-corrected chi connectivity index (χ3v) is 3.50. The van der Waals surface area contributed by atoms with Gasteiger partial charge in [-0.1, -0.05) is 48.5 Å². The molecule has 0 saturated carbocycles. The van der Waals surface area contributed by atoms with Gasteiger partial charge < -0.3 is 5.32 Å². The first kappa shape index (κ1) is 15.2. The molecule has 1 N–H and O–H groups in total. The molecule has 0 radical (unpaired) electrons. The van der Waals surface area contributed by atoms with E-state index < -0.39 is 0 Å². The van der Waals surface area contributed by atoms with E-state index in [-0.39, 0.29) is 11.4 Å². The van der Waals surface area contributed by atoms with Crippen molar-refractivity contribution in [3.63, 3.8) is 0 Å². The number of carbonyl (C=O) groups is 1. The maximum absolute atomic E-state index is 12.7. The zero-order valence-electron chi connectivity index (χ0n) is 13.6. The van der Waals surface area contributed by atoms with Crippen molar-refractivity contribution < 1.29 is 4.79 Å². The Hall–Kier alpha value is -2.68. The summed E-state index contributed by atoms with van der Waals surface area (Å²) in [7, 11) is 0. The van der Waals surface area contributed by atoms with Gasteiger partial charge in [0.15, 0.2) is 0 Å². The van der Waals surface area contributed by atoms with E-state index in [1.165, 1.54) is 0 Å². The number of para-hydroxylation sites is 1. The van der Waals surface area contributed by atoms with Crippen molar-refractivity contribution in [3.8, 4) is 11.3 Å². The number of nitrogens with one attached hydrogen (secondary N) is 1. The predicted octanol–water partition coefficient (Wildman–Crippen LogP) is 4.43. The van der Waals surface area contributed by atoms with E-state index in [0.717, 1.165) is 16.5 Å². The normalized spacial score (nSPS) is 11.4. The molecule has 1 heterocycles. The molecule has 3 heteroatoms. The number of pyridine rings is 1. The van der Waals surface area contributed by atoms with E-state index in [4.69, 9.17) is 4.98 Å². The molecule has 0 saturated heterocycles. The van der Waals surface area contributed by atoms with E-state index >= 15 is 0 Å². The minimum Gasteiger partial charge on any atom is -0.347 e. The van der Waals surface area contributed by atoms with Crippen LogP contribution in [0.15, 0.2) is 60.7 Å². The molecule has 3 rings (SSSR count). The number of hydrogen-bond acceptors (Lipinski definition) is 2. The minimum atomic E-state index is -0.295. The highest BCUT2D eigenvalue weighted by molar-refractivity contribution is 6.03. The van der Waals surface area contributed by atoms with Crippen LogP contribution in [-0.4, -0.2) is 16.4 Å². The van der Waals surface area contributed by atoms with Crippen molar-refractivity contribution >= 4 is 16.8 Å². The Labute approximate surface area is 136 Å². The number of rotatable bonds is 2. The second kappa shape index (κ2) is 5.84. The summed E-state index contributed by atoms with van der Waals surface area (Å²) in [6.07, 6.45) is 0. The van der Waals surface area contributed by atoms with Gasteiger partial charge in [0.05, 0.1) is 16.8 Å². The van der Waals surface area contributed by atoms with E-state index in [2.05, 4.69) is 5.32 Å². The Morgan fingerprint density at radius 1 is 0.957 bits per heavy atom. The molecule has 3 nitrogen and oxygen atoms in total. The van der Waals surface area contributed by atoms with Crippen LogP contribution in [0.25, 0.3) is 22.2 Å². The highest BCUT2D eigenvalue weighted by Gasteiger charge is 2.20. The highest BCUT2D eigenvalue weighted by Crippen LogP contribution is 2.26. The fourth-order valence-corrected chi connectivity index (χ4v) is 2.51. The third-order valence-electron chi connectivity index (χ3n) is 3.50. The second-order valence-corrected chi connectivity index (χ2v) is 6.65. The van der Waals surface area contributed by atoms with Gasteiger partial charge in [0.1, 0.15) is 0 Å². The molecule has 1 amide bonds. The number of hydrogen-bond donors (Lipinski definition) is 1. The zero-order valence-corrected chi connectivity index (χ0v) is 13.6. The van der Waals surface area contributed by atoms with Gasteiger partial charge in [0.25, 0.3) is 5.91 Å². The van der Waals surface area contributed by atoms with Crippen LogP contribution in [0.4, 0.5) is 0 Å². The van der Waals surface area contributed by atoms with Crippen LogP contribution in [0.2, 0.25) is 0 Å². The van der Waals surface area contributed by atoms with Crippen molar-refractivity contribution in [2.24, 2.45) is 0 Å². The summed E-state index contributed by atoms with van der Waals surface area (Å²) in [5.41, 5.74) is 2.85. The summed E-state index contributed by atoms with van der Waals surface area (Å²) in [5, 5.41) is 4.00. The average Bonchev–Trinajstić information content (AvgIpc) is 2.53. The van der Waals surface area contributed by atoms with E-state index in [0.29, 0.717) is 11.3 Å². The van der Waals surface area contributed by atoms with Gasteiger partial charge >= 0.3 is 0 Å². The Morgan fingerprint density at radius 2 is 1.61 bits per heavy atom. The summed E-state index contributed by atoms with van der Waals surface area (Å²) in [6.45, 7) is 5.92. The minimum absolute atomic E-state index is 0.102. The quantitative estimate of drug-likeness (QED) is 0.761. The Bertz CT molecular complexity index is 848. The van der Waals surface area contributed by atoms with Crippen LogP contribution in [0, 0.1) is 0 Å². The summed E-state index contributed by atoms with van der Waals surface area (Å²) in [5.74, 6) is -0.102. The van der Waals surface area contributed by atoms with E-state index in [1.54, 1.807) is 0 Å². The lowest BCUT2D eigenvalue weighted by Crippen LogP contribution is -2.40. The van der Waals surface area contributed by atoms with Crippen molar-refractivity contribution in [1.82, 2.24) is 10.3 Å². The Morgan fingerprint density at radius 3 is 2.30 bits per heavy atom. The first-order valence-corrected chi connectivity index (χ1v) is 7.72. The molecule has 116 valence electrons. The number of aromatic nitrogens is 1. The molecule has 1 aromatic heterocycles. The van der Waals surface area contributed by atoms with E-state index in [9.17, 15) is 4.79 Å². The highest BCUT2D eigenvalue weighted by atomic mass is 16.1. The van der Waals surface area contributed by atoms with Gasteiger partial charge in [0, 0.05) is 16.5 Å². The van der Waals surface area contributed by atoms with E-state index in [1.807, 2.05) is 81.4 Å². The molecule has 0 spiro atoms. The van der Waals surface area contributed by atoms with Crippen LogP contribution in [0.1, 0.15) is 31.1 Å².